The molecule has 0 amide bonds. The monoisotopic (exact) mass is 321 g/mol. The molecule has 23 heavy (non-hydrogen) atoms. The highest BCUT2D eigenvalue weighted by Gasteiger charge is 2.30. The van der Waals surface area contributed by atoms with Gasteiger partial charge in [0.2, 0.25) is 5.89 Å². The summed E-state index contributed by atoms with van der Waals surface area (Å²) < 4.78 is 10.8. The van der Waals surface area contributed by atoms with Crippen LogP contribution in [0.1, 0.15) is 82.5 Å². The van der Waals surface area contributed by atoms with Gasteiger partial charge in [-0.3, -0.25) is 4.90 Å². The van der Waals surface area contributed by atoms with Crippen LogP contribution < -0.4 is 0 Å². The van der Waals surface area contributed by atoms with Gasteiger partial charge in [0.15, 0.2) is 5.82 Å². The highest BCUT2D eigenvalue weighted by Crippen LogP contribution is 2.33. The van der Waals surface area contributed by atoms with Crippen molar-refractivity contribution in [3.8, 4) is 0 Å². The first-order chi connectivity index (χ1) is 11.3. The van der Waals surface area contributed by atoms with E-state index in [0.717, 1.165) is 18.4 Å². The zero-order valence-electron chi connectivity index (χ0n) is 14.7. The predicted octanol–water partition coefficient (Wildman–Crippen LogP) is 4.10. The number of aromatic nitrogens is 2. The summed E-state index contributed by atoms with van der Waals surface area (Å²) in [6.07, 6.45) is 12.3. The maximum atomic E-state index is 5.48. The van der Waals surface area contributed by atoms with E-state index in [-0.39, 0.29) is 6.10 Å². The van der Waals surface area contributed by atoms with Gasteiger partial charge in [0.1, 0.15) is 6.10 Å². The van der Waals surface area contributed by atoms with E-state index in [1.54, 1.807) is 7.11 Å². The molecule has 0 radical (unpaired) electrons. The smallest absolute Gasteiger partial charge is 0.240 e. The van der Waals surface area contributed by atoms with Gasteiger partial charge in [-0.1, -0.05) is 37.3 Å². The van der Waals surface area contributed by atoms with Crippen LogP contribution in [0.15, 0.2) is 4.52 Å². The van der Waals surface area contributed by atoms with Gasteiger partial charge < -0.3 is 9.26 Å². The summed E-state index contributed by atoms with van der Waals surface area (Å²) in [7, 11) is 1.68. The van der Waals surface area contributed by atoms with E-state index in [1.165, 1.54) is 64.3 Å². The number of rotatable bonds is 5. The van der Waals surface area contributed by atoms with Crippen molar-refractivity contribution in [2.75, 3.05) is 13.7 Å². The van der Waals surface area contributed by atoms with Gasteiger partial charge in [0.25, 0.3) is 0 Å². The molecular weight excluding hydrogens is 290 g/mol. The summed E-state index contributed by atoms with van der Waals surface area (Å²) in [4.78, 5) is 7.16. The largest absolute Gasteiger partial charge is 0.374 e. The Labute approximate surface area is 139 Å². The van der Waals surface area contributed by atoms with Gasteiger partial charge in [-0.25, -0.2) is 0 Å². The molecule has 0 N–H and O–H groups in total. The first-order valence-electron chi connectivity index (χ1n) is 9.37. The second-order valence-corrected chi connectivity index (χ2v) is 7.21. The van der Waals surface area contributed by atoms with Crippen molar-refractivity contribution in [3.63, 3.8) is 0 Å². The Hall–Kier alpha value is -0.940. The normalized spacial score (nSPS) is 26.1. The van der Waals surface area contributed by atoms with Gasteiger partial charge >= 0.3 is 0 Å². The Balaban J connectivity index is 1.68. The Morgan fingerprint density at radius 2 is 1.87 bits per heavy atom. The van der Waals surface area contributed by atoms with Crippen LogP contribution in [0.25, 0.3) is 0 Å². The highest BCUT2D eigenvalue weighted by atomic mass is 16.5. The van der Waals surface area contributed by atoms with Crippen LogP contribution in [-0.4, -0.2) is 34.7 Å². The van der Waals surface area contributed by atoms with E-state index in [1.807, 2.05) is 6.92 Å². The van der Waals surface area contributed by atoms with Gasteiger partial charge in [-0.05, 0) is 45.1 Å². The van der Waals surface area contributed by atoms with E-state index in [4.69, 9.17) is 9.26 Å². The molecule has 0 aromatic carbocycles. The van der Waals surface area contributed by atoms with Gasteiger partial charge in [-0.2, -0.15) is 4.98 Å². The first kappa shape index (κ1) is 16.9. The Morgan fingerprint density at radius 3 is 2.65 bits per heavy atom. The molecule has 0 spiro atoms. The molecule has 2 fully saturated rings. The first-order valence-corrected chi connectivity index (χ1v) is 9.37. The van der Waals surface area contributed by atoms with Gasteiger partial charge in [0, 0.05) is 13.2 Å². The van der Waals surface area contributed by atoms with Crippen LogP contribution >= 0.6 is 0 Å². The van der Waals surface area contributed by atoms with Crippen LogP contribution in [0.3, 0.4) is 0 Å². The lowest BCUT2D eigenvalue weighted by Crippen LogP contribution is -2.40. The summed E-state index contributed by atoms with van der Waals surface area (Å²) in [5.41, 5.74) is 0. The minimum atomic E-state index is -0.106. The van der Waals surface area contributed by atoms with Crippen molar-refractivity contribution in [1.29, 1.82) is 0 Å². The van der Waals surface area contributed by atoms with E-state index < -0.39 is 0 Å². The number of likely N-dealkylation sites (tertiary alicyclic amines) is 1. The third-order valence-corrected chi connectivity index (χ3v) is 5.65. The molecule has 1 saturated carbocycles. The molecule has 0 unspecified atom stereocenters. The fourth-order valence-corrected chi connectivity index (χ4v) is 4.22. The second-order valence-electron chi connectivity index (χ2n) is 7.21. The zero-order chi connectivity index (χ0) is 16.1. The lowest BCUT2D eigenvalue weighted by Gasteiger charge is -2.37. The summed E-state index contributed by atoms with van der Waals surface area (Å²) in [5, 5.41) is 4.08. The number of nitrogens with zero attached hydrogens (tertiary/aromatic N) is 3. The van der Waals surface area contributed by atoms with Crippen molar-refractivity contribution in [2.24, 2.45) is 5.92 Å². The fourth-order valence-electron chi connectivity index (χ4n) is 4.22. The lowest BCUT2D eigenvalue weighted by atomic mass is 9.81. The van der Waals surface area contributed by atoms with Crippen molar-refractivity contribution in [3.05, 3.63) is 11.7 Å². The third-order valence-electron chi connectivity index (χ3n) is 5.65. The molecule has 2 atom stereocenters. The molecule has 2 aliphatic rings. The van der Waals surface area contributed by atoms with Crippen LogP contribution in [-0.2, 0) is 11.3 Å². The van der Waals surface area contributed by atoms with E-state index in [9.17, 15) is 0 Å². The van der Waals surface area contributed by atoms with Gasteiger partial charge in [0.05, 0.1) is 6.54 Å². The molecule has 1 aliphatic carbocycles. The minimum absolute atomic E-state index is 0.106. The second kappa shape index (κ2) is 8.25. The maximum absolute atomic E-state index is 5.48. The zero-order valence-corrected chi connectivity index (χ0v) is 14.7. The van der Waals surface area contributed by atoms with E-state index in [2.05, 4.69) is 15.0 Å². The van der Waals surface area contributed by atoms with Crippen molar-refractivity contribution >= 4 is 0 Å². The molecule has 3 rings (SSSR count). The number of ether oxygens (including phenoxy) is 1. The average Bonchev–Trinajstić information content (AvgIpc) is 2.93. The summed E-state index contributed by atoms with van der Waals surface area (Å²) >= 11 is 0. The lowest BCUT2D eigenvalue weighted by molar-refractivity contribution is 0.0995. The molecule has 5 nitrogen and oxygen atoms in total. The third kappa shape index (κ3) is 4.32. The Morgan fingerprint density at radius 1 is 1.13 bits per heavy atom. The van der Waals surface area contributed by atoms with Crippen LogP contribution in [0.5, 0.6) is 0 Å². The topological polar surface area (TPSA) is 51.4 Å². The van der Waals surface area contributed by atoms with Crippen molar-refractivity contribution < 1.29 is 9.26 Å². The molecule has 1 aromatic heterocycles. The van der Waals surface area contributed by atoms with Gasteiger partial charge in [-0.15, -0.1) is 0 Å². The van der Waals surface area contributed by atoms with Crippen molar-refractivity contribution in [2.45, 2.75) is 83.4 Å². The molecule has 1 aliphatic heterocycles. The molecular formula is C18H31N3O2. The predicted molar refractivity (Wildman–Crippen MR) is 89.0 cm³/mol. The molecule has 2 heterocycles. The SMILES string of the molecule is CO[C@H](C)c1noc(CN2CCCCC[C@@H]2C2CCCCC2)n1. The highest BCUT2D eigenvalue weighted by molar-refractivity contribution is 4.92. The van der Waals surface area contributed by atoms with Crippen molar-refractivity contribution in [1.82, 2.24) is 15.0 Å². The molecule has 1 saturated heterocycles. The standard InChI is InChI=1S/C18H31N3O2/c1-14(22-2)18-19-17(23-20-18)13-21-12-8-4-7-11-16(21)15-9-5-3-6-10-15/h14-16H,3-13H2,1-2H3/t14-,16-/m1/s1. The Kier molecular flexibility index (Phi) is 6.06. The summed E-state index contributed by atoms with van der Waals surface area (Å²) in [6.45, 7) is 3.91. The molecule has 1 aromatic rings. The summed E-state index contributed by atoms with van der Waals surface area (Å²) in [5.74, 6) is 2.26. The number of methoxy groups -OCH3 is 1. The summed E-state index contributed by atoms with van der Waals surface area (Å²) in [6, 6.07) is 0.702. The average molecular weight is 321 g/mol. The quantitative estimate of drug-likeness (QED) is 0.817. The minimum Gasteiger partial charge on any atom is -0.374 e. The van der Waals surface area contributed by atoms with Crippen LogP contribution in [0, 0.1) is 5.92 Å². The maximum Gasteiger partial charge on any atom is 0.240 e. The fraction of sp³-hybridized carbons (Fsp3) is 0.889. The number of hydrogen-bond acceptors (Lipinski definition) is 5. The van der Waals surface area contributed by atoms with E-state index in [0.29, 0.717) is 11.9 Å². The van der Waals surface area contributed by atoms with Crippen LogP contribution in [0.4, 0.5) is 0 Å². The van der Waals surface area contributed by atoms with Crippen LogP contribution in [0.2, 0.25) is 0 Å². The molecule has 5 heteroatoms. The molecule has 0 bridgehead atoms. The molecule has 130 valence electrons. The Bertz CT molecular complexity index is 471. The number of hydrogen-bond donors (Lipinski definition) is 0. The van der Waals surface area contributed by atoms with E-state index >= 15 is 0 Å².